The first kappa shape index (κ1) is 13.5. The molecule has 1 saturated heterocycles. The Labute approximate surface area is 100.0 Å². The molecule has 1 aliphatic heterocycles. The van der Waals surface area contributed by atoms with Crippen LogP contribution in [0.3, 0.4) is 0 Å². The van der Waals surface area contributed by atoms with Gasteiger partial charge in [0.25, 0.3) is 0 Å². The van der Waals surface area contributed by atoms with Crippen LogP contribution in [0.25, 0.3) is 0 Å². The van der Waals surface area contributed by atoms with Gasteiger partial charge >= 0.3 is 5.97 Å². The molecule has 1 heterocycles. The minimum atomic E-state index is -1.05. The monoisotopic (exact) mass is 242 g/mol. The number of carbonyl (C=O) groups excluding carboxylic acids is 2. The summed E-state index contributed by atoms with van der Waals surface area (Å²) in [7, 11) is 0. The van der Waals surface area contributed by atoms with E-state index in [4.69, 9.17) is 5.11 Å². The van der Waals surface area contributed by atoms with Crippen LogP contribution in [0, 0.1) is 5.92 Å². The number of hydrogen-bond donors (Lipinski definition) is 2. The van der Waals surface area contributed by atoms with E-state index in [1.807, 2.05) is 13.8 Å². The van der Waals surface area contributed by atoms with E-state index in [0.29, 0.717) is 12.5 Å². The molecule has 96 valence electrons. The molecule has 17 heavy (non-hydrogen) atoms. The van der Waals surface area contributed by atoms with E-state index < -0.39 is 12.0 Å². The molecule has 0 saturated carbocycles. The van der Waals surface area contributed by atoms with Gasteiger partial charge in [0.1, 0.15) is 12.6 Å². The molecule has 2 amide bonds. The van der Waals surface area contributed by atoms with Gasteiger partial charge in [0.2, 0.25) is 11.8 Å². The summed E-state index contributed by atoms with van der Waals surface area (Å²) in [6.07, 6.45) is 0.486. The number of amides is 2. The number of carboxylic acid groups (broad SMARTS) is 1. The third kappa shape index (κ3) is 3.72. The third-order valence-corrected chi connectivity index (χ3v) is 2.63. The highest BCUT2D eigenvalue weighted by molar-refractivity contribution is 5.91. The van der Waals surface area contributed by atoms with Gasteiger partial charge in [0, 0.05) is 13.0 Å². The number of nitrogens with one attached hydrogen (secondary N) is 1. The second-order valence-corrected chi connectivity index (χ2v) is 4.61. The molecule has 0 aromatic rings. The van der Waals surface area contributed by atoms with E-state index >= 15 is 0 Å². The third-order valence-electron chi connectivity index (χ3n) is 2.63. The zero-order valence-corrected chi connectivity index (χ0v) is 10.1. The van der Waals surface area contributed by atoms with Crippen molar-refractivity contribution < 1.29 is 19.5 Å². The standard InChI is InChI=1S/C11H18N2O4/c1-7(2)5-12-9(14)6-13-8(11(16)17)3-4-10(13)15/h7-8H,3-6H2,1-2H3,(H,12,14)(H,16,17). The quantitative estimate of drug-likeness (QED) is 0.701. The highest BCUT2D eigenvalue weighted by atomic mass is 16.4. The molecule has 1 unspecified atom stereocenters. The molecule has 0 aromatic carbocycles. The van der Waals surface area contributed by atoms with Gasteiger partial charge in [-0.3, -0.25) is 9.59 Å². The Hall–Kier alpha value is -1.59. The van der Waals surface area contributed by atoms with Gasteiger partial charge in [-0.15, -0.1) is 0 Å². The predicted molar refractivity (Wildman–Crippen MR) is 60.2 cm³/mol. The average molecular weight is 242 g/mol. The number of likely N-dealkylation sites (tertiary alicyclic amines) is 1. The molecule has 2 N–H and O–H groups in total. The summed E-state index contributed by atoms with van der Waals surface area (Å²) in [5.41, 5.74) is 0. The molecule has 1 aliphatic rings. The number of carbonyl (C=O) groups is 3. The van der Waals surface area contributed by atoms with Gasteiger partial charge in [-0.05, 0) is 12.3 Å². The van der Waals surface area contributed by atoms with Crippen LogP contribution in [0.15, 0.2) is 0 Å². The Kier molecular flexibility index (Phi) is 4.48. The smallest absolute Gasteiger partial charge is 0.326 e. The van der Waals surface area contributed by atoms with Crippen LogP contribution in [-0.4, -0.2) is 46.9 Å². The Morgan fingerprint density at radius 3 is 2.71 bits per heavy atom. The number of nitrogens with zero attached hydrogens (tertiary/aromatic N) is 1. The summed E-state index contributed by atoms with van der Waals surface area (Å²) in [4.78, 5) is 35.0. The number of hydrogen-bond acceptors (Lipinski definition) is 3. The van der Waals surface area contributed by atoms with E-state index in [1.54, 1.807) is 0 Å². The van der Waals surface area contributed by atoms with Crippen LogP contribution in [0.2, 0.25) is 0 Å². The number of carboxylic acids is 1. The molecular weight excluding hydrogens is 224 g/mol. The fourth-order valence-electron chi connectivity index (χ4n) is 1.72. The highest BCUT2D eigenvalue weighted by Gasteiger charge is 2.36. The van der Waals surface area contributed by atoms with Crippen LogP contribution in [0.4, 0.5) is 0 Å². The lowest BCUT2D eigenvalue weighted by atomic mass is 10.2. The molecule has 0 aliphatic carbocycles. The number of aliphatic carboxylic acids is 1. The fraction of sp³-hybridized carbons (Fsp3) is 0.727. The van der Waals surface area contributed by atoms with Gasteiger partial charge in [0.15, 0.2) is 0 Å². The first-order valence-corrected chi connectivity index (χ1v) is 5.70. The molecule has 0 aromatic heterocycles. The molecule has 0 radical (unpaired) electrons. The molecule has 1 atom stereocenters. The van der Waals surface area contributed by atoms with Crippen molar-refractivity contribution in [2.75, 3.05) is 13.1 Å². The van der Waals surface area contributed by atoms with Crippen molar-refractivity contribution in [3.05, 3.63) is 0 Å². The summed E-state index contributed by atoms with van der Waals surface area (Å²) in [6.45, 7) is 4.28. The molecular formula is C11H18N2O4. The van der Waals surface area contributed by atoms with Gasteiger partial charge in [0.05, 0.1) is 0 Å². The lowest BCUT2D eigenvalue weighted by molar-refractivity contribution is -0.147. The van der Waals surface area contributed by atoms with Crippen molar-refractivity contribution in [1.29, 1.82) is 0 Å². The highest BCUT2D eigenvalue weighted by Crippen LogP contribution is 2.18. The lowest BCUT2D eigenvalue weighted by Gasteiger charge is -2.21. The summed E-state index contributed by atoms with van der Waals surface area (Å²) in [5, 5.41) is 11.6. The van der Waals surface area contributed by atoms with Crippen molar-refractivity contribution >= 4 is 17.8 Å². The topological polar surface area (TPSA) is 86.7 Å². The van der Waals surface area contributed by atoms with E-state index in [1.165, 1.54) is 0 Å². The maximum absolute atomic E-state index is 11.5. The van der Waals surface area contributed by atoms with Gasteiger partial charge in [-0.2, -0.15) is 0 Å². The van der Waals surface area contributed by atoms with Crippen LogP contribution in [0.1, 0.15) is 26.7 Å². The van der Waals surface area contributed by atoms with Gasteiger partial charge in [-0.1, -0.05) is 13.8 Å². The van der Waals surface area contributed by atoms with Crippen molar-refractivity contribution in [1.82, 2.24) is 10.2 Å². The van der Waals surface area contributed by atoms with Gasteiger partial charge in [-0.25, -0.2) is 4.79 Å². The molecule has 6 heteroatoms. The largest absolute Gasteiger partial charge is 0.480 e. The second-order valence-electron chi connectivity index (χ2n) is 4.61. The Bertz CT molecular complexity index is 327. The van der Waals surface area contributed by atoms with Crippen LogP contribution < -0.4 is 5.32 Å². The van der Waals surface area contributed by atoms with Crippen molar-refractivity contribution in [3.8, 4) is 0 Å². The van der Waals surface area contributed by atoms with E-state index in [0.717, 1.165) is 4.90 Å². The molecule has 6 nitrogen and oxygen atoms in total. The van der Waals surface area contributed by atoms with Crippen LogP contribution in [0.5, 0.6) is 0 Å². The lowest BCUT2D eigenvalue weighted by Crippen LogP contribution is -2.45. The normalized spacial score (nSPS) is 19.8. The van der Waals surface area contributed by atoms with Gasteiger partial charge < -0.3 is 15.3 Å². The van der Waals surface area contributed by atoms with E-state index in [-0.39, 0.29) is 31.2 Å². The molecule has 1 fully saturated rings. The summed E-state index contributed by atoms with van der Waals surface area (Å²) < 4.78 is 0. The van der Waals surface area contributed by atoms with E-state index in [2.05, 4.69) is 5.32 Å². The predicted octanol–water partition coefficient (Wildman–Crippen LogP) is -0.166. The average Bonchev–Trinajstić information content (AvgIpc) is 2.58. The molecule has 1 rings (SSSR count). The number of rotatable bonds is 5. The maximum Gasteiger partial charge on any atom is 0.326 e. The summed E-state index contributed by atoms with van der Waals surface area (Å²) >= 11 is 0. The first-order chi connectivity index (χ1) is 7.91. The van der Waals surface area contributed by atoms with Crippen molar-refractivity contribution in [2.45, 2.75) is 32.7 Å². The second kappa shape index (κ2) is 5.65. The maximum atomic E-state index is 11.5. The Morgan fingerprint density at radius 1 is 1.53 bits per heavy atom. The van der Waals surface area contributed by atoms with Crippen molar-refractivity contribution in [3.63, 3.8) is 0 Å². The van der Waals surface area contributed by atoms with E-state index in [9.17, 15) is 14.4 Å². The summed E-state index contributed by atoms with van der Waals surface area (Å²) in [5.74, 6) is -1.30. The zero-order chi connectivity index (χ0) is 13.0. The minimum absolute atomic E-state index is 0.164. The van der Waals surface area contributed by atoms with Crippen molar-refractivity contribution in [2.24, 2.45) is 5.92 Å². The Balaban J connectivity index is 2.50. The molecule has 0 spiro atoms. The Morgan fingerprint density at radius 2 is 2.18 bits per heavy atom. The zero-order valence-electron chi connectivity index (χ0n) is 10.1. The fourth-order valence-corrected chi connectivity index (χ4v) is 1.72. The minimum Gasteiger partial charge on any atom is -0.480 e. The van der Waals surface area contributed by atoms with Crippen LogP contribution >= 0.6 is 0 Å². The first-order valence-electron chi connectivity index (χ1n) is 5.70. The van der Waals surface area contributed by atoms with Crippen LogP contribution in [-0.2, 0) is 14.4 Å². The SMILES string of the molecule is CC(C)CNC(=O)CN1C(=O)CCC1C(=O)O. The summed E-state index contributed by atoms with van der Waals surface area (Å²) in [6, 6.07) is -0.854. The molecule has 0 bridgehead atoms.